The fourth-order valence-electron chi connectivity index (χ4n) is 1.87. The number of para-hydroxylation sites is 1. The number of aryl methyl sites for hydroxylation is 1. The molecule has 4 heteroatoms. The van der Waals surface area contributed by atoms with E-state index in [2.05, 4.69) is 10.3 Å². The highest BCUT2D eigenvalue weighted by Gasteiger charge is 2.36. The van der Waals surface area contributed by atoms with Gasteiger partial charge in [-0.2, -0.15) is 0 Å². The van der Waals surface area contributed by atoms with Crippen molar-refractivity contribution in [3.8, 4) is 0 Å². The average molecular weight is 256 g/mol. The molecule has 2 N–H and O–H groups in total. The van der Waals surface area contributed by atoms with Gasteiger partial charge in [-0.05, 0) is 37.6 Å². The molecular weight excluding hydrogens is 240 g/mol. The van der Waals surface area contributed by atoms with E-state index >= 15 is 0 Å². The van der Waals surface area contributed by atoms with Gasteiger partial charge in [0.05, 0.1) is 5.69 Å². The van der Waals surface area contributed by atoms with Crippen LogP contribution in [0.25, 0.3) is 0 Å². The van der Waals surface area contributed by atoms with Crippen molar-refractivity contribution in [3.63, 3.8) is 0 Å². The second-order valence-corrected chi connectivity index (χ2v) is 4.59. The molecule has 2 rings (SSSR count). The van der Waals surface area contributed by atoms with Crippen LogP contribution in [0.4, 0.5) is 5.69 Å². The number of nitrogens with one attached hydrogen (secondary N) is 1. The summed E-state index contributed by atoms with van der Waals surface area (Å²) < 4.78 is 0. The molecule has 0 bridgehead atoms. The summed E-state index contributed by atoms with van der Waals surface area (Å²) in [6.45, 7) is 3.55. The Hall–Kier alpha value is -2.36. The third kappa shape index (κ3) is 2.57. The molecule has 4 nitrogen and oxygen atoms in total. The van der Waals surface area contributed by atoms with Crippen molar-refractivity contribution >= 4 is 11.7 Å². The van der Waals surface area contributed by atoms with Crippen molar-refractivity contribution in [2.75, 3.05) is 5.32 Å². The Morgan fingerprint density at radius 1 is 1.21 bits per heavy atom. The first-order chi connectivity index (χ1) is 9.04. The van der Waals surface area contributed by atoms with E-state index in [4.69, 9.17) is 0 Å². The quantitative estimate of drug-likeness (QED) is 0.883. The number of anilines is 1. The lowest BCUT2D eigenvalue weighted by molar-refractivity contribution is -0.142. The van der Waals surface area contributed by atoms with Gasteiger partial charge in [-0.1, -0.05) is 24.3 Å². The molecule has 1 heterocycles. The van der Waals surface area contributed by atoms with Crippen LogP contribution in [0.5, 0.6) is 0 Å². The number of aliphatic carboxylic acids is 1. The minimum Gasteiger partial charge on any atom is -0.479 e. The number of carboxylic acid groups (broad SMARTS) is 1. The van der Waals surface area contributed by atoms with Crippen LogP contribution in [0.1, 0.15) is 18.2 Å². The lowest BCUT2D eigenvalue weighted by atomic mass is 9.96. The Kier molecular flexibility index (Phi) is 3.51. The minimum atomic E-state index is -1.26. The normalized spacial score (nSPS) is 13.6. The minimum absolute atomic E-state index is 0.478. The summed E-state index contributed by atoms with van der Waals surface area (Å²) in [4.78, 5) is 15.8. The molecule has 0 saturated carbocycles. The Labute approximate surface area is 112 Å². The third-order valence-electron chi connectivity index (χ3n) is 3.13. The molecule has 0 aliphatic carbocycles. The SMILES string of the molecule is Cc1ccccc1NC(C)(C(=O)O)c1ccccn1. The molecule has 0 fully saturated rings. The van der Waals surface area contributed by atoms with Crippen molar-refractivity contribution in [1.29, 1.82) is 0 Å². The molecular formula is C15H16N2O2. The predicted octanol–water partition coefficient (Wildman–Crippen LogP) is 2.80. The van der Waals surface area contributed by atoms with Crippen molar-refractivity contribution in [2.24, 2.45) is 0 Å². The second kappa shape index (κ2) is 5.10. The van der Waals surface area contributed by atoms with Gasteiger partial charge in [0.1, 0.15) is 0 Å². The van der Waals surface area contributed by atoms with Crippen molar-refractivity contribution in [2.45, 2.75) is 19.4 Å². The van der Waals surface area contributed by atoms with Crippen LogP contribution in [0.15, 0.2) is 48.7 Å². The molecule has 0 amide bonds. The molecule has 1 unspecified atom stereocenters. The molecule has 0 radical (unpaired) electrons. The number of aromatic nitrogens is 1. The highest BCUT2D eigenvalue weighted by molar-refractivity contribution is 5.83. The Balaban J connectivity index is 2.42. The molecule has 1 atom stereocenters. The van der Waals surface area contributed by atoms with E-state index in [-0.39, 0.29) is 0 Å². The van der Waals surface area contributed by atoms with Gasteiger partial charge in [0.25, 0.3) is 0 Å². The van der Waals surface area contributed by atoms with Crippen LogP contribution >= 0.6 is 0 Å². The summed E-state index contributed by atoms with van der Waals surface area (Å²) in [5, 5.41) is 12.6. The summed E-state index contributed by atoms with van der Waals surface area (Å²) in [6, 6.07) is 12.8. The van der Waals surface area contributed by atoms with Gasteiger partial charge >= 0.3 is 5.97 Å². The lowest BCUT2D eigenvalue weighted by Crippen LogP contribution is -2.41. The second-order valence-electron chi connectivity index (χ2n) is 4.59. The van der Waals surface area contributed by atoms with Crippen molar-refractivity contribution in [3.05, 3.63) is 59.9 Å². The zero-order valence-electron chi connectivity index (χ0n) is 10.9. The number of benzene rings is 1. The first kappa shape index (κ1) is 13.1. The number of rotatable bonds is 4. The molecule has 98 valence electrons. The summed E-state index contributed by atoms with van der Waals surface area (Å²) in [5.41, 5.74) is 1.00. The van der Waals surface area contributed by atoms with Gasteiger partial charge in [0.2, 0.25) is 0 Å². The van der Waals surface area contributed by atoms with E-state index in [0.717, 1.165) is 11.3 Å². The average Bonchev–Trinajstić information content (AvgIpc) is 2.42. The van der Waals surface area contributed by atoms with E-state index in [9.17, 15) is 9.90 Å². The van der Waals surface area contributed by atoms with Gasteiger partial charge in [0, 0.05) is 11.9 Å². The fourth-order valence-corrected chi connectivity index (χ4v) is 1.87. The highest BCUT2D eigenvalue weighted by Crippen LogP contribution is 2.26. The Bertz CT molecular complexity index is 584. The number of nitrogens with zero attached hydrogens (tertiary/aromatic N) is 1. The molecule has 2 aromatic rings. The zero-order chi connectivity index (χ0) is 13.9. The number of carbonyl (C=O) groups is 1. The summed E-state index contributed by atoms with van der Waals surface area (Å²) >= 11 is 0. The van der Waals surface area contributed by atoms with Gasteiger partial charge in [-0.15, -0.1) is 0 Å². The van der Waals surface area contributed by atoms with Crippen LogP contribution in [-0.2, 0) is 10.3 Å². The standard InChI is InChI=1S/C15H16N2O2/c1-11-7-3-4-8-12(11)17-15(2,14(18)19)13-9-5-6-10-16-13/h3-10,17H,1-2H3,(H,18,19). The Morgan fingerprint density at radius 2 is 1.89 bits per heavy atom. The molecule has 0 aliphatic rings. The van der Waals surface area contributed by atoms with E-state index in [1.54, 1.807) is 31.3 Å². The fraction of sp³-hybridized carbons (Fsp3) is 0.200. The van der Waals surface area contributed by atoms with Gasteiger partial charge < -0.3 is 10.4 Å². The molecule has 1 aromatic carbocycles. The predicted molar refractivity (Wildman–Crippen MR) is 74.0 cm³/mol. The first-order valence-corrected chi connectivity index (χ1v) is 6.03. The van der Waals surface area contributed by atoms with Crippen molar-refractivity contribution in [1.82, 2.24) is 4.98 Å². The van der Waals surface area contributed by atoms with Crippen LogP contribution < -0.4 is 5.32 Å². The maximum Gasteiger partial charge on any atom is 0.335 e. The smallest absolute Gasteiger partial charge is 0.335 e. The monoisotopic (exact) mass is 256 g/mol. The molecule has 19 heavy (non-hydrogen) atoms. The van der Waals surface area contributed by atoms with E-state index < -0.39 is 11.5 Å². The van der Waals surface area contributed by atoms with Gasteiger partial charge in [0.15, 0.2) is 5.54 Å². The molecule has 0 spiro atoms. The van der Waals surface area contributed by atoms with Crippen LogP contribution in [0.2, 0.25) is 0 Å². The first-order valence-electron chi connectivity index (χ1n) is 6.03. The van der Waals surface area contributed by atoms with E-state index in [1.165, 1.54) is 0 Å². The highest BCUT2D eigenvalue weighted by atomic mass is 16.4. The number of hydrogen-bond acceptors (Lipinski definition) is 3. The summed E-state index contributed by atoms with van der Waals surface area (Å²) in [5.74, 6) is -0.963. The number of hydrogen-bond donors (Lipinski definition) is 2. The third-order valence-corrected chi connectivity index (χ3v) is 3.13. The van der Waals surface area contributed by atoms with Crippen molar-refractivity contribution < 1.29 is 9.90 Å². The topological polar surface area (TPSA) is 62.2 Å². The van der Waals surface area contributed by atoms with Crippen LogP contribution in [0.3, 0.4) is 0 Å². The maximum atomic E-state index is 11.6. The number of carboxylic acids is 1. The Morgan fingerprint density at radius 3 is 2.47 bits per heavy atom. The maximum absolute atomic E-state index is 11.6. The van der Waals surface area contributed by atoms with Gasteiger partial charge in [-0.3, -0.25) is 4.98 Å². The lowest BCUT2D eigenvalue weighted by Gasteiger charge is -2.27. The molecule has 0 aliphatic heterocycles. The summed E-state index contributed by atoms with van der Waals surface area (Å²) in [6.07, 6.45) is 1.59. The van der Waals surface area contributed by atoms with E-state index in [1.807, 2.05) is 31.2 Å². The largest absolute Gasteiger partial charge is 0.479 e. The van der Waals surface area contributed by atoms with Crippen LogP contribution in [-0.4, -0.2) is 16.1 Å². The zero-order valence-corrected chi connectivity index (χ0v) is 10.9. The van der Waals surface area contributed by atoms with E-state index in [0.29, 0.717) is 5.69 Å². The molecule has 1 aromatic heterocycles. The van der Waals surface area contributed by atoms with Crippen LogP contribution in [0, 0.1) is 6.92 Å². The summed E-state index contributed by atoms with van der Waals surface area (Å²) in [7, 11) is 0. The number of pyridine rings is 1. The molecule has 0 saturated heterocycles. The van der Waals surface area contributed by atoms with Gasteiger partial charge in [-0.25, -0.2) is 4.79 Å².